The first-order valence-corrected chi connectivity index (χ1v) is 9.47. The van der Waals surface area contributed by atoms with E-state index in [1.165, 1.54) is 0 Å². The zero-order valence-corrected chi connectivity index (χ0v) is 15.7. The Balaban J connectivity index is 1.81. The fourth-order valence-corrected chi connectivity index (χ4v) is 3.55. The van der Waals surface area contributed by atoms with Gasteiger partial charge in [-0.25, -0.2) is 4.98 Å². The third kappa shape index (κ3) is 3.21. The average molecular weight is 374 g/mol. The van der Waals surface area contributed by atoms with E-state index in [2.05, 4.69) is 49.9 Å². The Morgan fingerprint density at radius 2 is 1.14 bits per heavy atom. The Hall–Kier alpha value is -4.05. The van der Waals surface area contributed by atoms with Crippen LogP contribution in [0, 0.1) is 0 Å². The summed E-state index contributed by atoms with van der Waals surface area (Å²) in [6.45, 7) is 0. The molecule has 2 aromatic carbocycles. The molecular weight excluding hydrogens is 356 g/mol. The van der Waals surface area contributed by atoms with Crippen LogP contribution < -0.4 is 0 Å². The van der Waals surface area contributed by atoms with Gasteiger partial charge in [0.05, 0.1) is 17.1 Å². The molecule has 0 amide bonds. The van der Waals surface area contributed by atoms with Crippen LogP contribution in [0.5, 0.6) is 0 Å². The van der Waals surface area contributed by atoms with E-state index in [0.29, 0.717) is 0 Å². The van der Waals surface area contributed by atoms with Gasteiger partial charge in [-0.3, -0.25) is 14.5 Å². The van der Waals surface area contributed by atoms with Crippen LogP contribution in [0.15, 0.2) is 110 Å². The Morgan fingerprint density at radius 1 is 0.517 bits per heavy atom. The normalized spacial score (nSPS) is 10.8. The average Bonchev–Trinajstić information content (AvgIpc) is 3.30. The summed E-state index contributed by atoms with van der Waals surface area (Å²) >= 11 is 0. The van der Waals surface area contributed by atoms with E-state index in [1.807, 2.05) is 79.4 Å². The lowest BCUT2D eigenvalue weighted by molar-refractivity contribution is 1.06. The molecule has 0 aliphatic rings. The fraction of sp³-hybridized carbons (Fsp3) is 0. The Kier molecular flexibility index (Phi) is 4.43. The monoisotopic (exact) mass is 374 g/mol. The Labute approximate surface area is 169 Å². The number of imidazole rings is 1. The van der Waals surface area contributed by atoms with E-state index in [4.69, 9.17) is 0 Å². The lowest BCUT2D eigenvalue weighted by atomic mass is 10.0. The fourth-order valence-electron chi connectivity index (χ4n) is 3.55. The molecule has 5 aromatic rings. The quantitative estimate of drug-likeness (QED) is 0.407. The number of aromatic nitrogens is 4. The number of pyridine rings is 2. The molecule has 0 N–H and O–H groups in total. The van der Waals surface area contributed by atoms with E-state index in [9.17, 15) is 0 Å². The minimum Gasteiger partial charge on any atom is -0.298 e. The zero-order chi connectivity index (χ0) is 19.5. The summed E-state index contributed by atoms with van der Waals surface area (Å²) in [6.07, 6.45) is 7.47. The molecule has 0 unspecified atom stereocenters. The number of para-hydroxylation sites is 1. The van der Waals surface area contributed by atoms with Gasteiger partial charge in [-0.2, -0.15) is 0 Å². The van der Waals surface area contributed by atoms with Crippen molar-refractivity contribution >= 4 is 0 Å². The molecule has 5 rings (SSSR count). The van der Waals surface area contributed by atoms with Crippen molar-refractivity contribution in [1.29, 1.82) is 0 Å². The first kappa shape index (κ1) is 17.1. The second-order valence-electron chi connectivity index (χ2n) is 6.62. The van der Waals surface area contributed by atoms with Crippen molar-refractivity contribution in [1.82, 2.24) is 19.5 Å². The predicted molar refractivity (Wildman–Crippen MR) is 115 cm³/mol. The van der Waals surface area contributed by atoms with Gasteiger partial charge in [0.25, 0.3) is 0 Å². The molecule has 0 saturated carbocycles. The van der Waals surface area contributed by atoms with Gasteiger partial charge in [0, 0.05) is 41.5 Å². The van der Waals surface area contributed by atoms with Gasteiger partial charge in [-0.15, -0.1) is 0 Å². The summed E-state index contributed by atoms with van der Waals surface area (Å²) in [5.41, 5.74) is 5.95. The maximum atomic E-state index is 4.65. The van der Waals surface area contributed by atoms with Crippen LogP contribution in [0.1, 0.15) is 0 Å². The number of nitrogens with zero attached hydrogens (tertiary/aromatic N) is 4. The lowest BCUT2D eigenvalue weighted by Gasteiger charge is -2.17. The van der Waals surface area contributed by atoms with Crippen molar-refractivity contribution < 1.29 is 0 Å². The standard InChI is InChI=1S/C25H18N4/c1-2-9-19(10-3-1)25-28-17-18-29(25)24-20(22-13-4-6-15-26-22)11-8-12-21(24)23-14-5-7-16-27-23/h1-18H. The van der Waals surface area contributed by atoms with Crippen LogP contribution in [-0.4, -0.2) is 19.5 Å². The minimum atomic E-state index is 0.881. The number of hydrogen-bond donors (Lipinski definition) is 0. The van der Waals surface area contributed by atoms with E-state index < -0.39 is 0 Å². The molecule has 4 nitrogen and oxygen atoms in total. The molecule has 0 bridgehead atoms. The van der Waals surface area contributed by atoms with E-state index >= 15 is 0 Å². The molecule has 0 aliphatic carbocycles. The van der Waals surface area contributed by atoms with E-state index in [-0.39, 0.29) is 0 Å². The molecule has 0 fully saturated rings. The Bertz CT molecular complexity index is 1170. The van der Waals surface area contributed by atoms with Gasteiger partial charge < -0.3 is 0 Å². The summed E-state index contributed by atoms with van der Waals surface area (Å²) in [5, 5.41) is 0. The maximum absolute atomic E-state index is 4.65. The highest BCUT2D eigenvalue weighted by Gasteiger charge is 2.18. The van der Waals surface area contributed by atoms with Crippen molar-refractivity contribution in [2.24, 2.45) is 0 Å². The number of rotatable bonds is 4. The molecular formula is C25H18N4. The largest absolute Gasteiger partial charge is 0.298 e. The van der Waals surface area contributed by atoms with Crippen LogP contribution in [0.4, 0.5) is 0 Å². The SMILES string of the molecule is c1ccc(-c2nccn2-c2c(-c3ccccn3)cccc2-c2ccccn2)cc1. The first-order chi connectivity index (χ1) is 14.4. The van der Waals surface area contributed by atoms with Gasteiger partial charge in [0.2, 0.25) is 0 Å². The highest BCUT2D eigenvalue weighted by atomic mass is 15.1. The van der Waals surface area contributed by atoms with Crippen LogP contribution in [-0.2, 0) is 0 Å². The molecule has 138 valence electrons. The zero-order valence-electron chi connectivity index (χ0n) is 15.7. The van der Waals surface area contributed by atoms with Crippen LogP contribution in [0.2, 0.25) is 0 Å². The van der Waals surface area contributed by atoms with Crippen LogP contribution in [0.25, 0.3) is 39.6 Å². The molecule has 3 heterocycles. The molecule has 0 radical (unpaired) electrons. The number of benzene rings is 2. The maximum Gasteiger partial charge on any atom is 0.144 e. The van der Waals surface area contributed by atoms with Crippen molar-refractivity contribution in [3.05, 3.63) is 110 Å². The molecule has 0 aliphatic heterocycles. The minimum absolute atomic E-state index is 0.881. The van der Waals surface area contributed by atoms with Crippen LogP contribution in [0.3, 0.4) is 0 Å². The molecule has 3 aromatic heterocycles. The molecule has 0 saturated heterocycles. The van der Waals surface area contributed by atoms with Crippen molar-refractivity contribution in [2.45, 2.75) is 0 Å². The second-order valence-corrected chi connectivity index (χ2v) is 6.62. The summed E-state index contributed by atoms with van der Waals surface area (Å²) in [7, 11) is 0. The number of hydrogen-bond acceptors (Lipinski definition) is 3. The van der Waals surface area contributed by atoms with Gasteiger partial charge >= 0.3 is 0 Å². The topological polar surface area (TPSA) is 43.6 Å². The third-order valence-corrected chi connectivity index (χ3v) is 4.83. The van der Waals surface area contributed by atoms with Gasteiger partial charge in [-0.05, 0) is 24.3 Å². The summed E-state index contributed by atoms with van der Waals surface area (Å²) in [5.74, 6) is 0.881. The van der Waals surface area contributed by atoms with Crippen molar-refractivity contribution in [3.63, 3.8) is 0 Å². The lowest BCUT2D eigenvalue weighted by Crippen LogP contribution is -2.03. The van der Waals surface area contributed by atoms with E-state index in [0.717, 1.165) is 39.6 Å². The van der Waals surface area contributed by atoms with Gasteiger partial charge in [-0.1, -0.05) is 60.7 Å². The molecule has 4 heteroatoms. The van der Waals surface area contributed by atoms with Crippen molar-refractivity contribution in [3.8, 4) is 39.6 Å². The van der Waals surface area contributed by atoms with Gasteiger partial charge in [0.15, 0.2) is 0 Å². The van der Waals surface area contributed by atoms with Crippen molar-refractivity contribution in [2.75, 3.05) is 0 Å². The summed E-state index contributed by atoms with van der Waals surface area (Å²) < 4.78 is 2.13. The van der Waals surface area contributed by atoms with Crippen LogP contribution >= 0.6 is 0 Å². The Morgan fingerprint density at radius 3 is 1.72 bits per heavy atom. The second kappa shape index (κ2) is 7.52. The molecule has 0 atom stereocenters. The van der Waals surface area contributed by atoms with Gasteiger partial charge in [0.1, 0.15) is 5.82 Å². The van der Waals surface area contributed by atoms with E-state index in [1.54, 1.807) is 0 Å². The highest BCUT2D eigenvalue weighted by Crippen LogP contribution is 2.36. The predicted octanol–water partition coefficient (Wildman–Crippen LogP) is 5.66. The summed E-state index contributed by atoms with van der Waals surface area (Å²) in [6, 6.07) is 28.4. The first-order valence-electron chi connectivity index (χ1n) is 9.47. The highest BCUT2D eigenvalue weighted by molar-refractivity contribution is 5.84. The smallest absolute Gasteiger partial charge is 0.144 e. The third-order valence-electron chi connectivity index (χ3n) is 4.83. The molecule has 0 spiro atoms. The molecule has 29 heavy (non-hydrogen) atoms. The summed E-state index contributed by atoms with van der Waals surface area (Å²) in [4.78, 5) is 13.9.